The number of carbonyl (C=O) groups excluding carboxylic acids is 3. The predicted molar refractivity (Wildman–Crippen MR) is 92.6 cm³/mol. The van der Waals surface area contributed by atoms with Crippen LogP contribution in [0.5, 0.6) is 5.75 Å². The van der Waals surface area contributed by atoms with E-state index in [4.69, 9.17) is 0 Å². The topological polar surface area (TPSA) is 93.6 Å². The summed E-state index contributed by atoms with van der Waals surface area (Å²) in [5.41, 5.74) is 1.13. The number of aromatic nitrogens is 1. The highest BCUT2D eigenvalue weighted by Gasteiger charge is 2.42. The summed E-state index contributed by atoms with van der Waals surface area (Å²) >= 11 is 0. The number of hydrogen-bond donors (Lipinski definition) is 1. The zero-order chi connectivity index (χ0) is 18.4. The Kier molecular flexibility index (Phi) is 3.54. The Morgan fingerprint density at radius 2 is 1.77 bits per heavy atom. The molecule has 0 radical (unpaired) electrons. The maximum atomic E-state index is 12.8. The Morgan fingerprint density at radius 1 is 1.04 bits per heavy atom. The summed E-state index contributed by atoms with van der Waals surface area (Å²) < 4.78 is 4.65. The second-order valence-corrected chi connectivity index (χ2v) is 6.00. The van der Waals surface area contributed by atoms with E-state index in [1.54, 1.807) is 24.3 Å². The predicted octanol–water partition coefficient (Wildman–Crippen LogP) is 2.89. The molecular weight excluding hydrogens is 334 g/mol. The van der Waals surface area contributed by atoms with Crippen LogP contribution in [0.4, 0.5) is 0 Å². The Morgan fingerprint density at radius 3 is 2.54 bits per heavy atom. The van der Waals surface area contributed by atoms with E-state index in [1.807, 2.05) is 0 Å². The van der Waals surface area contributed by atoms with Crippen molar-refractivity contribution in [2.75, 3.05) is 7.11 Å². The van der Waals surface area contributed by atoms with Gasteiger partial charge in [0.15, 0.2) is 11.6 Å². The van der Waals surface area contributed by atoms with E-state index in [2.05, 4.69) is 9.72 Å². The lowest BCUT2D eigenvalue weighted by Crippen LogP contribution is -2.14. The summed E-state index contributed by atoms with van der Waals surface area (Å²) in [5.74, 6) is -2.96. The van der Waals surface area contributed by atoms with E-state index in [9.17, 15) is 19.5 Å². The average molecular weight is 347 g/mol. The third kappa shape index (κ3) is 2.27. The van der Waals surface area contributed by atoms with Gasteiger partial charge >= 0.3 is 5.97 Å². The van der Waals surface area contributed by atoms with Crippen LogP contribution in [0.2, 0.25) is 0 Å². The van der Waals surface area contributed by atoms with Crippen molar-refractivity contribution in [3.63, 3.8) is 0 Å². The molecule has 26 heavy (non-hydrogen) atoms. The highest BCUT2D eigenvalue weighted by atomic mass is 16.5. The second kappa shape index (κ2) is 5.77. The first-order chi connectivity index (χ1) is 12.5. The largest absolute Gasteiger partial charge is 0.506 e. The number of fused-ring (bicyclic) bond motifs is 2. The number of ketones is 2. The summed E-state index contributed by atoms with van der Waals surface area (Å²) in [6.07, 6.45) is 0. The molecule has 4 rings (SSSR count). The SMILES string of the molecule is COC(=O)c1ccc2c(c1)C(=O)[C@H](c1nc3ccccc3cc1O)C2=O. The van der Waals surface area contributed by atoms with Gasteiger partial charge in [-0.3, -0.25) is 9.59 Å². The number of pyridine rings is 1. The summed E-state index contributed by atoms with van der Waals surface area (Å²) in [4.78, 5) is 41.6. The molecule has 0 fully saturated rings. The average Bonchev–Trinajstić information content (AvgIpc) is 2.90. The minimum absolute atomic E-state index is 0.0227. The lowest BCUT2D eigenvalue weighted by Gasteiger charge is -2.10. The molecule has 2 aromatic carbocycles. The first kappa shape index (κ1) is 16.0. The first-order valence-electron chi connectivity index (χ1n) is 7.90. The zero-order valence-corrected chi connectivity index (χ0v) is 13.7. The van der Waals surface area contributed by atoms with E-state index in [0.717, 1.165) is 0 Å². The fraction of sp³-hybridized carbons (Fsp3) is 0.100. The van der Waals surface area contributed by atoms with E-state index < -0.39 is 23.5 Å². The highest BCUT2D eigenvalue weighted by Crippen LogP contribution is 2.38. The normalized spacial score (nSPS) is 16.0. The first-order valence-corrected chi connectivity index (χ1v) is 7.90. The van der Waals surface area contributed by atoms with E-state index >= 15 is 0 Å². The molecule has 6 nitrogen and oxygen atoms in total. The quantitative estimate of drug-likeness (QED) is 0.566. The number of para-hydroxylation sites is 1. The molecule has 1 aromatic heterocycles. The molecule has 1 heterocycles. The second-order valence-electron chi connectivity index (χ2n) is 6.00. The Balaban J connectivity index is 1.84. The van der Waals surface area contributed by atoms with Gasteiger partial charge in [0.05, 0.1) is 18.2 Å². The molecular formula is C20H13NO5. The number of Topliss-reactive ketones (excluding diaryl/α,β-unsaturated/α-hetero) is 2. The summed E-state index contributed by atoms with van der Waals surface area (Å²) in [7, 11) is 1.24. The minimum Gasteiger partial charge on any atom is -0.506 e. The monoisotopic (exact) mass is 347 g/mol. The van der Waals surface area contributed by atoms with Crippen LogP contribution in [0.25, 0.3) is 10.9 Å². The smallest absolute Gasteiger partial charge is 0.337 e. The number of aromatic hydroxyl groups is 1. The van der Waals surface area contributed by atoms with Gasteiger partial charge in [0.25, 0.3) is 0 Å². The maximum Gasteiger partial charge on any atom is 0.337 e. The Hall–Kier alpha value is -3.54. The van der Waals surface area contributed by atoms with Crippen LogP contribution >= 0.6 is 0 Å². The van der Waals surface area contributed by atoms with E-state index in [-0.39, 0.29) is 28.1 Å². The molecule has 0 amide bonds. The standard InChI is InChI=1S/C20H13NO5/c1-26-20(25)11-6-7-12-13(8-11)19(24)16(18(12)23)17-15(22)9-10-4-2-3-5-14(10)21-17/h2-9,16,22H,1H3/t16-/m1/s1. The number of methoxy groups -OCH3 is 1. The van der Waals surface area contributed by atoms with Gasteiger partial charge in [0.1, 0.15) is 17.4 Å². The third-order valence-corrected chi connectivity index (χ3v) is 4.50. The number of hydrogen-bond acceptors (Lipinski definition) is 6. The molecule has 0 unspecified atom stereocenters. The minimum atomic E-state index is -1.22. The van der Waals surface area contributed by atoms with Crippen molar-refractivity contribution in [1.82, 2.24) is 4.98 Å². The fourth-order valence-electron chi connectivity index (χ4n) is 3.22. The fourth-order valence-corrected chi connectivity index (χ4v) is 3.22. The van der Waals surface area contributed by atoms with Gasteiger partial charge in [-0.1, -0.05) is 18.2 Å². The molecule has 0 saturated heterocycles. The van der Waals surface area contributed by atoms with Crippen LogP contribution in [0.15, 0.2) is 48.5 Å². The van der Waals surface area contributed by atoms with Crippen molar-refractivity contribution in [3.8, 4) is 5.75 Å². The molecule has 0 spiro atoms. The summed E-state index contributed by atoms with van der Waals surface area (Å²) in [6.45, 7) is 0. The number of rotatable bonds is 2. The number of ether oxygens (including phenoxy) is 1. The lowest BCUT2D eigenvalue weighted by atomic mass is 9.97. The number of esters is 1. The molecule has 1 atom stereocenters. The lowest BCUT2D eigenvalue weighted by molar-refractivity contribution is 0.0600. The molecule has 6 heteroatoms. The molecule has 3 aromatic rings. The van der Waals surface area contributed by atoms with Crippen molar-refractivity contribution in [2.45, 2.75) is 5.92 Å². The van der Waals surface area contributed by atoms with Gasteiger partial charge in [0, 0.05) is 16.5 Å². The zero-order valence-electron chi connectivity index (χ0n) is 13.7. The van der Waals surface area contributed by atoms with Crippen LogP contribution in [0.1, 0.15) is 42.7 Å². The van der Waals surface area contributed by atoms with E-state index in [0.29, 0.717) is 10.9 Å². The van der Waals surface area contributed by atoms with Crippen molar-refractivity contribution in [3.05, 3.63) is 70.9 Å². The van der Waals surface area contributed by atoms with Crippen molar-refractivity contribution in [2.24, 2.45) is 0 Å². The third-order valence-electron chi connectivity index (χ3n) is 4.50. The molecule has 1 aliphatic rings. The number of carbonyl (C=O) groups is 3. The molecule has 128 valence electrons. The molecule has 0 bridgehead atoms. The van der Waals surface area contributed by atoms with Gasteiger partial charge in [-0.25, -0.2) is 9.78 Å². The maximum absolute atomic E-state index is 12.8. The van der Waals surface area contributed by atoms with Gasteiger partial charge < -0.3 is 9.84 Å². The van der Waals surface area contributed by atoms with Crippen LogP contribution < -0.4 is 0 Å². The Bertz CT molecular complexity index is 1100. The van der Waals surface area contributed by atoms with Gasteiger partial charge in [-0.05, 0) is 30.3 Å². The van der Waals surface area contributed by atoms with Gasteiger partial charge in [0.2, 0.25) is 0 Å². The van der Waals surface area contributed by atoms with Crippen molar-refractivity contribution >= 4 is 28.4 Å². The highest BCUT2D eigenvalue weighted by molar-refractivity contribution is 6.30. The number of benzene rings is 2. The van der Waals surface area contributed by atoms with Crippen molar-refractivity contribution < 1.29 is 24.2 Å². The van der Waals surface area contributed by atoms with Gasteiger partial charge in [-0.15, -0.1) is 0 Å². The molecule has 1 aliphatic carbocycles. The van der Waals surface area contributed by atoms with Crippen LogP contribution in [-0.2, 0) is 4.74 Å². The van der Waals surface area contributed by atoms with E-state index in [1.165, 1.54) is 31.4 Å². The van der Waals surface area contributed by atoms with Crippen LogP contribution in [0.3, 0.4) is 0 Å². The summed E-state index contributed by atoms with van der Waals surface area (Å²) in [5, 5.41) is 11.0. The molecule has 0 aliphatic heterocycles. The molecule has 1 N–H and O–H groups in total. The summed E-state index contributed by atoms with van der Waals surface area (Å²) in [6, 6.07) is 12.8. The van der Waals surface area contributed by atoms with Crippen LogP contribution in [0, 0.1) is 0 Å². The van der Waals surface area contributed by atoms with Crippen LogP contribution in [-0.4, -0.2) is 34.7 Å². The van der Waals surface area contributed by atoms with Gasteiger partial charge in [-0.2, -0.15) is 0 Å². The Labute approximate surface area is 148 Å². The number of nitrogens with zero attached hydrogens (tertiary/aromatic N) is 1. The van der Waals surface area contributed by atoms with Crippen molar-refractivity contribution in [1.29, 1.82) is 0 Å². The molecule has 0 saturated carbocycles.